The van der Waals surface area contributed by atoms with E-state index in [1.165, 1.54) is 12.5 Å². The van der Waals surface area contributed by atoms with E-state index in [9.17, 15) is 4.79 Å². The van der Waals surface area contributed by atoms with Crippen LogP contribution >= 0.6 is 0 Å². The first-order chi connectivity index (χ1) is 11.6. The van der Waals surface area contributed by atoms with Crippen LogP contribution in [0.15, 0.2) is 70.8 Å². The number of fused-ring (bicyclic) bond motifs is 3. The molecule has 0 spiro atoms. The van der Waals surface area contributed by atoms with Crippen LogP contribution in [-0.4, -0.2) is 5.91 Å². The molecule has 3 nitrogen and oxygen atoms in total. The molecular formula is C21H19NO2. The van der Waals surface area contributed by atoms with Crippen LogP contribution in [0.1, 0.15) is 25.3 Å². The maximum Gasteiger partial charge on any atom is 0.221 e. The zero-order valence-corrected chi connectivity index (χ0v) is 13.7. The number of amides is 1. The van der Waals surface area contributed by atoms with Gasteiger partial charge in [-0.25, -0.2) is 0 Å². The van der Waals surface area contributed by atoms with Gasteiger partial charge in [0, 0.05) is 29.3 Å². The van der Waals surface area contributed by atoms with Crippen LogP contribution in [-0.2, 0) is 4.79 Å². The SMILES string of the molecule is CC(=O)NC1=CC(C)C(c2ccc3oc4ccccc4c3c2)C=C1. The second-order valence-electron chi connectivity index (χ2n) is 6.40. The molecule has 0 saturated carbocycles. The van der Waals surface area contributed by atoms with Crippen molar-refractivity contribution in [1.29, 1.82) is 0 Å². The molecule has 1 aliphatic rings. The van der Waals surface area contributed by atoms with E-state index in [0.717, 1.165) is 27.6 Å². The number of nitrogens with one attached hydrogen (secondary N) is 1. The number of carbonyl (C=O) groups is 1. The minimum Gasteiger partial charge on any atom is -0.456 e. The van der Waals surface area contributed by atoms with E-state index >= 15 is 0 Å². The van der Waals surface area contributed by atoms with Gasteiger partial charge in [0.1, 0.15) is 11.2 Å². The maximum absolute atomic E-state index is 11.2. The van der Waals surface area contributed by atoms with E-state index in [1.54, 1.807) is 0 Å². The van der Waals surface area contributed by atoms with Gasteiger partial charge in [-0.05, 0) is 35.8 Å². The Morgan fingerprint density at radius 1 is 1.08 bits per heavy atom. The molecule has 4 rings (SSSR count). The molecular weight excluding hydrogens is 298 g/mol. The summed E-state index contributed by atoms with van der Waals surface area (Å²) in [5.74, 6) is 0.566. The smallest absolute Gasteiger partial charge is 0.221 e. The van der Waals surface area contributed by atoms with Gasteiger partial charge in [-0.3, -0.25) is 4.79 Å². The summed E-state index contributed by atoms with van der Waals surface area (Å²) in [4.78, 5) is 11.2. The predicted molar refractivity (Wildman–Crippen MR) is 96.7 cm³/mol. The predicted octanol–water partition coefficient (Wildman–Crippen LogP) is 4.90. The summed E-state index contributed by atoms with van der Waals surface area (Å²) in [5.41, 5.74) is 3.98. The van der Waals surface area contributed by atoms with E-state index in [2.05, 4.69) is 48.7 Å². The molecule has 1 N–H and O–H groups in total. The molecule has 0 bridgehead atoms. The molecule has 0 saturated heterocycles. The molecule has 2 atom stereocenters. The van der Waals surface area contributed by atoms with Crippen molar-refractivity contribution in [3.8, 4) is 0 Å². The number of allylic oxidation sites excluding steroid dienone is 3. The number of furan rings is 1. The number of benzene rings is 2. The Bertz CT molecular complexity index is 993. The Labute approximate surface area is 140 Å². The summed E-state index contributed by atoms with van der Waals surface area (Å²) in [6.45, 7) is 3.71. The van der Waals surface area contributed by atoms with Crippen LogP contribution in [0.2, 0.25) is 0 Å². The molecule has 120 valence electrons. The lowest BCUT2D eigenvalue weighted by Gasteiger charge is -2.23. The third-order valence-corrected chi connectivity index (χ3v) is 4.60. The van der Waals surface area contributed by atoms with Crippen molar-refractivity contribution in [1.82, 2.24) is 5.32 Å². The fraction of sp³-hybridized carbons (Fsp3) is 0.190. The van der Waals surface area contributed by atoms with Crippen molar-refractivity contribution in [2.24, 2.45) is 5.92 Å². The number of hydrogen-bond acceptors (Lipinski definition) is 2. The van der Waals surface area contributed by atoms with Crippen LogP contribution < -0.4 is 5.32 Å². The van der Waals surface area contributed by atoms with Crippen molar-refractivity contribution < 1.29 is 9.21 Å². The summed E-state index contributed by atoms with van der Waals surface area (Å²) in [7, 11) is 0. The quantitative estimate of drug-likeness (QED) is 0.731. The van der Waals surface area contributed by atoms with Crippen molar-refractivity contribution in [3.63, 3.8) is 0 Å². The van der Waals surface area contributed by atoms with Gasteiger partial charge in [0.2, 0.25) is 5.91 Å². The highest BCUT2D eigenvalue weighted by molar-refractivity contribution is 6.05. The fourth-order valence-electron chi connectivity index (χ4n) is 3.48. The molecule has 3 aromatic rings. The van der Waals surface area contributed by atoms with Crippen LogP contribution in [0.3, 0.4) is 0 Å². The van der Waals surface area contributed by atoms with Gasteiger partial charge in [0.05, 0.1) is 0 Å². The van der Waals surface area contributed by atoms with Gasteiger partial charge in [-0.1, -0.05) is 43.3 Å². The maximum atomic E-state index is 11.2. The lowest BCUT2D eigenvalue weighted by molar-refractivity contribution is -0.118. The molecule has 1 amide bonds. The van der Waals surface area contributed by atoms with Crippen molar-refractivity contribution in [3.05, 3.63) is 72.0 Å². The van der Waals surface area contributed by atoms with Gasteiger partial charge in [-0.15, -0.1) is 0 Å². The number of para-hydroxylation sites is 1. The molecule has 1 aliphatic carbocycles. The van der Waals surface area contributed by atoms with E-state index in [1.807, 2.05) is 24.3 Å². The summed E-state index contributed by atoms with van der Waals surface area (Å²) in [5, 5.41) is 5.16. The summed E-state index contributed by atoms with van der Waals surface area (Å²) < 4.78 is 5.90. The van der Waals surface area contributed by atoms with E-state index in [0.29, 0.717) is 11.8 Å². The van der Waals surface area contributed by atoms with Gasteiger partial charge >= 0.3 is 0 Å². The molecule has 0 radical (unpaired) electrons. The van der Waals surface area contributed by atoms with Crippen LogP contribution in [0, 0.1) is 5.92 Å². The molecule has 2 unspecified atom stereocenters. The number of hydrogen-bond donors (Lipinski definition) is 1. The van der Waals surface area contributed by atoms with Crippen LogP contribution in [0.4, 0.5) is 0 Å². The third kappa shape index (κ3) is 2.52. The lowest BCUT2D eigenvalue weighted by Crippen LogP contribution is -2.21. The van der Waals surface area contributed by atoms with Gasteiger partial charge in [-0.2, -0.15) is 0 Å². The highest BCUT2D eigenvalue weighted by Gasteiger charge is 2.20. The van der Waals surface area contributed by atoms with E-state index in [4.69, 9.17) is 4.42 Å². The zero-order chi connectivity index (χ0) is 16.7. The summed E-state index contributed by atoms with van der Waals surface area (Å²) in [6.07, 6.45) is 6.27. The van der Waals surface area contributed by atoms with Crippen molar-refractivity contribution in [2.75, 3.05) is 0 Å². The first kappa shape index (κ1) is 14.8. The molecule has 2 aromatic carbocycles. The van der Waals surface area contributed by atoms with Gasteiger partial charge in [0.25, 0.3) is 0 Å². The minimum absolute atomic E-state index is 0.0390. The molecule has 1 heterocycles. The van der Waals surface area contributed by atoms with Crippen LogP contribution in [0.5, 0.6) is 0 Å². The second kappa shape index (κ2) is 5.68. The van der Waals surface area contributed by atoms with Crippen LogP contribution in [0.25, 0.3) is 21.9 Å². The van der Waals surface area contributed by atoms with E-state index < -0.39 is 0 Å². The molecule has 3 heteroatoms. The molecule has 0 fully saturated rings. The Balaban J connectivity index is 1.72. The topological polar surface area (TPSA) is 42.2 Å². The number of rotatable bonds is 2. The monoisotopic (exact) mass is 317 g/mol. The zero-order valence-electron chi connectivity index (χ0n) is 13.7. The van der Waals surface area contributed by atoms with Crippen molar-refractivity contribution in [2.45, 2.75) is 19.8 Å². The first-order valence-electron chi connectivity index (χ1n) is 8.20. The number of carbonyl (C=O) groups excluding carboxylic acids is 1. The average Bonchev–Trinajstić information content (AvgIpc) is 2.92. The van der Waals surface area contributed by atoms with Gasteiger partial charge < -0.3 is 9.73 Å². The summed E-state index contributed by atoms with van der Waals surface area (Å²) >= 11 is 0. The summed E-state index contributed by atoms with van der Waals surface area (Å²) in [6, 6.07) is 14.5. The Kier molecular flexibility index (Phi) is 3.49. The highest BCUT2D eigenvalue weighted by atomic mass is 16.3. The van der Waals surface area contributed by atoms with Crippen molar-refractivity contribution >= 4 is 27.8 Å². The second-order valence-corrected chi connectivity index (χ2v) is 6.40. The Morgan fingerprint density at radius 2 is 1.88 bits per heavy atom. The average molecular weight is 317 g/mol. The normalized spacial score (nSPS) is 20.3. The lowest BCUT2D eigenvalue weighted by atomic mass is 9.83. The largest absolute Gasteiger partial charge is 0.456 e. The third-order valence-electron chi connectivity index (χ3n) is 4.60. The Hall–Kier alpha value is -2.81. The Morgan fingerprint density at radius 3 is 2.67 bits per heavy atom. The molecule has 1 aromatic heterocycles. The minimum atomic E-state index is -0.0390. The first-order valence-corrected chi connectivity index (χ1v) is 8.20. The fourth-order valence-corrected chi connectivity index (χ4v) is 3.48. The molecule has 0 aliphatic heterocycles. The van der Waals surface area contributed by atoms with E-state index in [-0.39, 0.29) is 5.91 Å². The highest BCUT2D eigenvalue weighted by Crippen LogP contribution is 2.35. The molecule has 24 heavy (non-hydrogen) atoms. The standard InChI is InChI=1S/C21H19NO2/c1-13-11-16(22-14(2)23)8-9-17(13)15-7-10-21-19(12-15)18-5-3-4-6-20(18)24-21/h3-13,17H,1-2H3,(H,22,23). The van der Waals surface area contributed by atoms with Gasteiger partial charge in [0.15, 0.2) is 0 Å².